The molecule has 0 aromatic carbocycles. The largest absolute Gasteiger partial charge is 0.392 e. The third-order valence-electron chi connectivity index (χ3n) is 4.37. The second kappa shape index (κ2) is 3.06. The van der Waals surface area contributed by atoms with Gasteiger partial charge in [0, 0.05) is 7.11 Å². The van der Waals surface area contributed by atoms with E-state index < -0.39 is 0 Å². The molecule has 3 nitrogen and oxygen atoms in total. The first kappa shape index (κ1) is 9.82. The van der Waals surface area contributed by atoms with E-state index in [4.69, 9.17) is 9.47 Å². The van der Waals surface area contributed by atoms with E-state index in [0.717, 1.165) is 25.7 Å². The molecule has 3 rings (SSSR count). The SMILES string of the molecule is COC[C@]12C=CC[C@H]3O[C@]31CCC[C@H]2O. The molecule has 0 aromatic heterocycles. The summed E-state index contributed by atoms with van der Waals surface area (Å²) in [5, 5.41) is 10.3. The van der Waals surface area contributed by atoms with Gasteiger partial charge in [0.15, 0.2) is 0 Å². The number of rotatable bonds is 2. The molecule has 0 bridgehead atoms. The van der Waals surface area contributed by atoms with Crippen LogP contribution in [0.25, 0.3) is 0 Å². The van der Waals surface area contributed by atoms with Crippen LogP contribution in [0, 0.1) is 5.41 Å². The van der Waals surface area contributed by atoms with E-state index in [1.54, 1.807) is 7.11 Å². The molecule has 3 aliphatic rings. The molecule has 1 N–H and O–H groups in total. The van der Waals surface area contributed by atoms with Gasteiger partial charge >= 0.3 is 0 Å². The number of methoxy groups -OCH3 is 1. The van der Waals surface area contributed by atoms with Gasteiger partial charge in [0.25, 0.3) is 0 Å². The van der Waals surface area contributed by atoms with Crippen molar-refractivity contribution in [1.29, 1.82) is 0 Å². The third kappa shape index (κ3) is 1.06. The minimum atomic E-state index is -0.312. The summed E-state index contributed by atoms with van der Waals surface area (Å²) in [6.45, 7) is 0.571. The Morgan fingerprint density at radius 1 is 1.60 bits per heavy atom. The third-order valence-corrected chi connectivity index (χ3v) is 4.37. The van der Waals surface area contributed by atoms with Gasteiger partial charge in [0.2, 0.25) is 0 Å². The van der Waals surface area contributed by atoms with Crippen LogP contribution >= 0.6 is 0 Å². The average molecular weight is 210 g/mol. The number of epoxide rings is 1. The van der Waals surface area contributed by atoms with Crippen LogP contribution in [0.15, 0.2) is 12.2 Å². The lowest BCUT2D eigenvalue weighted by Crippen LogP contribution is -2.54. The Labute approximate surface area is 90.1 Å². The fourth-order valence-corrected chi connectivity index (χ4v) is 3.58. The number of aliphatic hydroxyl groups is 1. The maximum atomic E-state index is 10.3. The van der Waals surface area contributed by atoms with E-state index in [9.17, 15) is 5.11 Å². The van der Waals surface area contributed by atoms with Crippen LogP contribution in [0.5, 0.6) is 0 Å². The fraction of sp³-hybridized carbons (Fsp3) is 0.833. The number of hydrogen-bond acceptors (Lipinski definition) is 3. The standard InChI is InChI=1S/C12H18O3/c1-14-8-11-6-3-5-10-12(11,15-10)7-2-4-9(11)13/h3,6,9-10,13H,2,4-5,7-8H2,1H3/t9-,10-,11+,12-/m1/s1. The minimum Gasteiger partial charge on any atom is -0.392 e. The second-order valence-electron chi connectivity index (χ2n) is 5.02. The monoisotopic (exact) mass is 210 g/mol. The van der Waals surface area contributed by atoms with Crippen molar-refractivity contribution in [2.45, 2.75) is 43.5 Å². The van der Waals surface area contributed by atoms with Gasteiger partial charge in [0.05, 0.1) is 24.2 Å². The quantitative estimate of drug-likeness (QED) is 0.551. The number of ether oxygens (including phenoxy) is 2. The van der Waals surface area contributed by atoms with Gasteiger partial charge in [-0.05, 0) is 25.7 Å². The highest BCUT2D eigenvalue weighted by Gasteiger charge is 2.71. The van der Waals surface area contributed by atoms with Gasteiger partial charge in [0.1, 0.15) is 5.60 Å². The summed E-state index contributed by atoms with van der Waals surface area (Å²) < 4.78 is 11.2. The molecule has 3 heteroatoms. The molecule has 1 saturated heterocycles. The first-order valence-electron chi connectivity index (χ1n) is 5.78. The van der Waals surface area contributed by atoms with Crippen LogP contribution < -0.4 is 0 Å². The van der Waals surface area contributed by atoms with Crippen molar-refractivity contribution in [3.63, 3.8) is 0 Å². The first-order chi connectivity index (χ1) is 7.25. The Morgan fingerprint density at radius 2 is 2.47 bits per heavy atom. The van der Waals surface area contributed by atoms with Crippen molar-refractivity contribution in [3.8, 4) is 0 Å². The molecule has 1 saturated carbocycles. The molecule has 0 unspecified atom stereocenters. The van der Waals surface area contributed by atoms with Gasteiger partial charge in [-0.25, -0.2) is 0 Å². The van der Waals surface area contributed by atoms with Crippen molar-refractivity contribution in [3.05, 3.63) is 12.2 Å². The van der Waals surface area contributed by atoms with E-state index >= 15 is 0 Å². The Morgan fingerprint density at radius 3 is 3.27 bits per heavy atom. The van der Waals surface area contributed by atoms with Gasteiger partial charge in [-0.1, -0.05) is 12.2 Å². The molecule has 2 aliphatic carbocycles. The molecule has 2 fully saturated rings. The zero-order valence-corrected chi connectivity index (χ0v) is 9.11. The lowest BCUT2D eigenvalue weighted by atomic mass is 9.60. The minimum absolute atomic E-state index is 0.102. The van der Waals surface area contributed by atoms with Crippen LogP contribution in [0.2, 0.25) is 0 Å². The van der Waals surface area contributed by atoms with E-state index in [1.807, 2.05) is 0 Å². The van der Waals surface area contributed by atoms with Crippen LogP contribution in [0.4, 0.5) is 0 Å². The molecule has 84 valence electrons. The van der Waals surface area contributed by atoms with Crippen molar-refractivity contribution < 1.29 is 14.6 Å². The van der Waals surface area contributed by atoms with Gasteiger partial charge in [-0.15, -0.1) is 0 Å². The van der Waals surface area contributed by atoms with Crippen LogP contribution in [-0.4, -0.2) is 36.6 Å². The fourth-order valence-electron chi connectivity index (χ4n) is 3.58. The molecule has 0 radical (unpaired) electrons. The highest BCUT2D eigenvalue weighted by atomic mass is 16.6. The summed E-state index contributed by atoms with van der Waals surface area (Å²) >= 11 is 0. The maximum Gasteiger partial charge on any atom is 0.109 e. The Hall–Kier alpha value is -0.380. The van der Waals surface area contributed by atoms with Crippen molar-refractivity contribution in [2.75, 3.05) is 13.7 Å². The zero-order valence-electron chi connectivity index (χ0n) is 9.11. The molecular weight excluding hydrogens is 192 g/mol. The van der Waals surface area contributed by atoms with Crippen LogP contribution in [0.3, 0.4) is 0 Å². The summed E-state index contributed by atoms with van der Waals surface area (Å²) in [4.78, 5) is 0. The normalized spacial score (nSPS) is 52.1. The van der Waals surface area contributed by atoms with Crippen LogP contribution in [0.1, 0.15) is 25.7 Å². The van der Waals surface area contributed by atoms with Crippen molar-refractivity contribution in [2.24, 2.45) is 5.41 Å². The van der Waals surface area contributed by atoms with Crippen molar-refractivity contribution >= 4 is 0 Å². The number of hydrogen-bond donors (Lipinski definition) is 1. The molecule has 0 aromatic rings. The van der Waals surface area contributed by atoms with Crippen molar-refractivity contribution in [1.82, 2.24) is 0 Å². The summed E-state index contributed by atoms with van der Waals surface area (Å²) in [6.07, 6.45) is 8.30. The lowest BCUT2D eigenvalue weighted by Gasteiger charge is -2.45. The maximum absolute atomic E-state index is 10.3. The summed E-state index contributed by atoms with van der Waals surface area (Å²) in [7, 11) is 1.70. The highest BCUT2D eigenvalue weighted by molar-refractivity contribution is 5.29. The Kier molecular flexibility index (Phi) is 2.00. The van der Waals surface area contributed by atoms with Crippen LogP contribution in [-0.2, 0) is 9.47 Å². The van der Waals surface area contributed by atoms with E-state index in [1.165, 1.54) is 0 Å². The van der Waals surface area contributed by atoms with E-state index in [-0.39, 0.29) is 17.1 Å². The molecule has 1 spiro atoms. The van der Waals surface area contributed by atoms with Gasteiger partial charge in [-0.2, -0.15) is 0 Å². The lowest BCUT2D eigenvalue weighted by molar-refractivity contribution is -0.0775. The van der Waals surface area contributed by atoms with E-state index in [0.29, 0.717) is 12.7 Å². The second-order valence-corrected chi connectivity index (χ2v) is 5.02. The molecular formula is C12H18O3. The van der Waals surface area contributed by atoms with Gasteiger partial charge in [-0.3, -0.25) is 0 Å². The predicted molar refractivity (Wildman–Crippen MR) is 55.5 cm³/mol. The van der Waals surface area contributed by atoms with E-state index in [2.05, 4.69) is 12.2 Å². The Balaban J connectivity index is 2.01. The number of aliphatic hydroxyl groups excluding tert-OH is 1. The molecule has 1 heterocycles. The Bertz CT molecular complexity index is 301. The summed E-state index contributed by atoms with van der Waals surface area (Å²) in [5.41, 5.74) is -0.377. The molecule has 1 aliphatic heterocycles. The summed E-state index contributed by atoms with van der Waals surface area (Å²) in [6, 6.07) is 0. The predicted octanol–water partition coefficient (Wildman–Crippen LogP) is 1.26. The highest BCUT2D eigenvalue weighted by Crippen LogP contribution is 2.62. The average Bonchev–Trinajstić information content (AvgIpc) is 2.92. The summed E-state index contributed by atoms with van der Waals surface area (Å²) in [5.74, 6) is 0. The first-order valence-corrected chi connectivity index (χ1v) is 5.78. The smallest absolute Gasteiger partial charge is 0.109 e. The topological polar surface area (TPSA) is 42.0 Å². The zero-order chi connectivity index (χ0) is 10.5. The molecule has 15 heavy (non-hydrogen) atoms. The molecule has 4 atom stereocenters. The van der Waals surface area contributed by atoms with Gasteiger partial charge < -0.3 is 14.6 Å². The molecule has 0 amide bonds.